The van der Waals surface area contributed by atoms with Gasteiger partial charge in [0.05, 0.1) is 0 Å². The van der Waals surface area contributed by atoms with E-state index in [1.54, 1.807) is 0 Å². The number of hydrogen-bond donors (Lipinski definition) is 4. The largest absolute Gasteiger partial charge is 0.370 e. The number of aliphatic hydroxyl groups is 3. The summed E-state index contributed by atoms with van der Waals surface area (Å²) in [5, 5.41) is 24.7. The van der Waals surface area contributed by atoms with Crippen LogP contribution < -0.4 is 5.73 Å². The van der Waals surface area contributed by atoms with Gasteiger partial charge in [0, 0.05) is 0 Å². The molecule has 76 valence electrons. The van der Waals surface area contributed by atoms with Crippen LogP contribution in [0.1, 0.15) is 0 Å². The van der Waals surface area contributed by atoms with E-state index in [0.29, 0.717) is 0 Å². The zero-order valence-corrected chi connectivity index (χ0v) is 6.99. The minimum Gasteiger partial charge on any atom is -0.370 e. The van der Waals surface area contributed by atoms with Gasteiger partial charge in [0.1, 0.15) is 0 Å². The molecular weight excluding hydrogens is 193 g/mol. The number of nitrogens with two attached hydrogens (primary N) is 1. The third kappa shape index (κ3) is 5.63. The molecule has 12 heavy (non-hydrogen) atoms. The predicted octanol–water partition coefficient (Wildman–Crippen LogP) is -2.12. The average Bonchev–Trinajstić information content (AvgIpc) is 1.88. The third-order valence-corrected chi connectivity index (χ3v) is 0.797. The Kier molecular flexibility index (Phi) is 9.26. The Morgan fingerprint density at radius 3 is 1.33 bits per heavy atom. The molecule has 0 unspecified atom stereocenters. The molecule has 0 aromatic heterocycles. The highest BCUT2D eigenvalue weighted by Gasteiger charge is 2.27. The van der Waals surface area contributed by atoms with Crippen molar-refractivity contribution in [3.8, 4) is 0 Å². The SMILES string of the molecule is Cl.NC(OCO)(OCO)OCO. The van der Waals surface area contributed by atoms with Gasteiger partial charge in [0.15, 0.2) is 20.4 Å². The summed E-state index contributed by atoms with van der Waals surface area (Å²) in [6.07, 6.45) is -2.10. The normalized spacial score (nSPS) is 11.0. The first-order chi connectivity index (χ1) is 5.18. The van der Waals surface area contributed by atoms with Crippen molar-refractivity contribution in [1.29, 1.82) is 0 Å². The van der Waals surface area contributed by atoms with Gasteiger partial charge in [-0.2, -0.15) is 0 Å². The van der Waals surface area contributed by atoms with Gasteiger partial charge < -0.3 is 15.3 Å². The van der Waals surface area contributed by atoms with E-state index >= 15 is 0 Å². The maximum absolute atomic E-state index is 8.23. The van der Waals surface area contributed by atoms with Crippen LogP contribution in [0.5, 0.6) is 0 Å². The minimum absolute atomic E-state index is 0. The zero-order chi connectivity index (χ0) is 8.74. The smallest absolute Gasteiger partial charge is 0.354 e. The molecule has 0 heterocycles. The Bertz CT molecular complexity index is 86.5. The molecule has 5 N–H and O–H groups in total. The van der Waals surface area contributed by atoms with Crippen molar-refractivity contribution in [3.63, 3.8) is 0 Å². The van der Waals surface area contributed by atoms with E-state index in [0.717, 1.165) is 0 Å². The van der Waals surface area contributed by atoms with E-state index in [1.165, 1.54) is 0 Å². The lowest BCUT2D eigenvalue weighted by Crippen LogP contribution is -2.49. The van der Waals surface area contributed by atoms with Crippen molar-refractivity contribution < 1.29 is 29.5 Å². The molecule has 0 radical (unpaired) electrons. The number of ether oxygens (including phenoxy) is 3. The molecule has 0 aliphatic rings. The van der Waals surface area contributed by atoms with Gasteiger partial charge in [-0.3, -0.25) is 19.9 Å². The summed E-state index contributed by atoms with van der Waals surface area (Å²) in [5.74, 6) is 0. The summed E-state index contributed by atoms with van der Waals surface area (Å²) < 4.78 is 12.8. The summed E-state index contributed by atoms with van der Waals surface area (Å²) in [4.78, 5) is 0. The zero-order valence-electron chi connectivity index (χ0n) is 6.17. The van der Waals surface area contributed by atoms with Crippen LogP contribution in [0, 0.1) is 0 Å². The Morgan fingerprint density at radius 1 is 0.917 bits per heavy atom. The molecule has 0 rings (SSSR count). The van der Waals surface area contributed by atoms with Gasteiger partial charge in [0.2, 0.25) is 0 Å². The molecule has 7 nitrogen and oxygen atoms in total. The van der Waals surface area contributed by atoms with Gasteiger partial charge in [-0.15, -0.1) is 12.4 Å². The van der Waals surface area contributed by atoms with Gasteiger partial charge in [-0.25, -0.2) is 0 Å². The fourth-order valence-corrected chi connectivity index (χ4v) is 0.395. The Balaban J connectivity index is 0. The Hall–Kier alpha value is 0.01000. The molecule has 8 heteroatoms. The molecule has 0 saturated carbocycles. The maximum atomic E-state index is 8.23. The highest BCUT2D eigenvalue weighted by atomic mass is 35.5. The fourth-order valence-electron chi connectivity index (χ4n) is 0.395. The van der Waals surface area contributed by atoms with Crippen LogP contribution in [0.15, 0.2) is 0 Å². The predicted molar refractivity (Wildman–Crippen MR) is 38.7 cm³/mol. The molecule has 0 fully saturated rings. The molecular formula is C4H12ClNO6. The van der Waals surface area contributed by atoms with Crippen LogP contribution in [0.25, 0.3) is 0 Å². The number of aliphatic hydroxyl groups excluding tert-OH is 3. The van der Waals surface area contributed by atoms with Crippen molar-refractivity contribution in [3.05, 3.63) is 0 Å². The monoisotopic (exact) mass is 205 g/mol. The second-order valence-corrected chi connectivity index (χ2v) is 1.42. The molecule has 0 aliphatic carbocycles. The van der Waals surface area contributed by atoms with Crippen LogP contribution in [-0.4, -0.2) is 41.8 Å². The third-order valence-electron chi connectivity index (χ3n) is 0.797. The first kappa shape index (κ1) is 14.5. The number of hydrogen-bond acceptors (Lipinski definition) is 7. The topological polar surface area (TPSA) is 114 Å². The van der Waals surface area contributed by atoms with E-state index < -0.39 is 26.5 Å². The van der Waals surface area contributed by atoms with Crippen molar-refractivity contribution in [2.24, 2.45) is 5.73 Å². The van der Waals surface area contributed by atoms with Gasteiger partial charge in [0.25, 0.3) is 0 Å². The van der Waals surface area contributed by atoms with Crippen molar-refractivity contribution in [1.82, 2.24) is 0 Å². The first-order valence-corrected chi connectivity index (χ1v) is 2.72. The Labute approximate surface area is 75.1 Å². The lowest BCUT2D eigenvalue weighted by molar-refractivity contribution is -0.416. The summed E-state index contributed by atoms with van der Waals surface area (Å²) in [6.45, 7) is -2.26. The van der Waals surface area contributed by atoms with Crippen LogP contribution in [0.2, 0.25) is 0 Å². The summed E-state index contributed by atoms with van der Waals surface area (Å²) in [6, 6.07) is 0. The van der Waals surface area contributed by atoms with Crippen LogP contribution in [-0.2, 0) is 14.2 Å². The molecule has 0 aliphatic heterocycles. The molecule has 0 atom stereocenters. The highest BCUT2D eigenvalue weighted by Crippen LogP contribution is 2.05. The first-order valence-electron chi connectivity index (χ1n) is 2.72. The second-order valence-electron chi connectivity index (χ2n) is 1.42. The van der Waals surface area contributed by atoms with Gasteiger partial charge in [-0.1, -0.05) is 0 Å². The molecule has 0 amide bonds. The van der Waals surface area contributed by atoms with Crippen LogP contribution in [0.4, 0.5) is 0 Å². The fraction of sp³-hybridized carbons (Fsp3) is 1.00. The van der Waals surface area contributed by atoms with E-state index in [-0.39, 0.29) is 12.4 Å². The van der Waals surface area contributed by atoms with Gasteiger partial charge >= 0.3 is 6.10 Å². The summed E-state index contributed by atoms with van der Waals surface area (Å²) >= 11 is 0. The van der Waals surface area contributed by atoms with Crippen molar-refractivity contribution in [2.45, 2.75) is 6.10 Å². The lowest BCUT2D eigenvalue weighted by Gasteiger charge is -2.25. The summed E-state index contributed by atoms with van der Waals surface area (Å²) in [5.41, 5.74) is 5.08. The quantitative estimate of drug-likeness (QED) is 0.367. The van der Waals surface area contributed by atoms with E-state index in [4.69, 9.17) is 21.1 Å². The maximum Gasteiger partial charge on any atom is 0.354 e. The van der Waals surface area contributed by atoms with Crippen molar-refractivity contribution >= 4 is 12.4 Å². The van der Waals surface area contributed by atoms with Gasteiger partial charge in [-0.05, 0) is 0 Å². The van der Waals surface area contributed by atoms with E-state index in [1.807, 2.05) is 0 Å². The molecule has 0 spiro atoms. The van der Waals surface area contributed by atoms with Crippen LogP contribution >= 0.6 is 12.4 Å². The summed E-state index contributed by atoms with van der Waals surface area (Å²) in [7, 11) is 0. The molecule has 0 aromatic carbocycles. The van der Waals surface area contributed by atoms with E-state index in [2.05, 4.69) is 14.2 Å². The minimum atomic E-state index is -2.10. The lowest BCUT2D eigenvalue weighted by atomic mass is 10.9. The number of rotatable bonds is 6. The average molecular weight is 206 g/mol. The standard InChI is InChI=1S/C4H11NO6.ClH/c5-4(9-1-6,10-2-7)11-3-8;/h6-8H,1-3,5H2;1H. The molecule has 0 aromatic rings. The molecule has 0 saturated heterocycles. The highest BCUT2D eigenvalue weighted by molar-refractivity contribution is 5.85. The van der Waals surface area contributed by atoms with Crippen LogP contribution in [0.3, 0.4) is 0 Å². The second kappa shape index (κ2) is 7.65. The van der Waals surface area contributed by atoms with Crippen molar-refractivity contribution in [2.75, 3.05) is 20.4 Å². The van der Waals surface area contributed by atoms with E-state index in [9.17, 15) is 0 Å². The Morgan fingerprint density at radius 2 is 1.17 bits per heavy atom. The number of halogens is 1. The molecule has 0 bridgehead atoms.